The highest BCUT2D eigenvalue weighted by Gasteiger charge is 2.26. The monoisotopic (exact) mass is 514 g/mol. The van der Waals surface area contributed by atoms with Gasteiger partial charge in [0.1, 0.15) is 10.1 Å². The van der Waals surface area contributed by atoms with Crippen LogP contribution in [0.3, 0.4) is 0 Å². The first-order chi connectivity index (χ1) is 17.5. The van der Waals surface area contributed by atoms with Crippen molar-refractivity contribution < 1.29 is 9.85 Å². The first kappa shape index (κ1) is 23.3. The Bertz CT molecular complexity index is 1430. The third-order valence-electron chi connectivity index (χ3n) is 5.01. The molecule has 0 N–H and O–H groups in total. The summed E-state index contributed by atoms with van der Waals surface area (Å²) in [5, 5.41) is 24.1. The number of rotatable bonds is 4. The van der Waals surface area contributed by atoms with E-state index in [4.69, 9.17) is 9.98 Å². The van der Waals surface area contributed by atoms with Gasteiger partial charge in [0.15, 0.2) is 0 Å². The van der Waals surface area contributed by atoms with Crippen LogP contribution in [0.5, 0.6) is 0 Å². The summed E-state index contributed by atoms with van der Waals surface area (Å²) in [6, 6.07) is 16.0. The molecule has 0 fully saturated rings. The number of nitro benzene ring substituents is 2. The highest BCUT2D eigenvalue weighted by molar-refractivity contribution is 8.16. The van der Waals surface area contributed by atoms with Gasteiger partial charge in [-0.2, -0.15) is 0 Å². The number of aliphatic imine (C=N–C) groups is 2. The van der Waals surface area contributed by atoms with Gasteiger partial charge in [0, 0.05) is 70.0 Å². The number of hydrogen-bond acceptors (Lipinski definition) is 10. The number of thioether (sulfide) groups is 2. The van der Waals surface area contributed by atoms with Crippen molar-refractivity contribution >= 4 is 56.4 Å². The van der Waals surface area contributed by atoms with Crippen LogP contribution in [0.1, 0.15) is 11.1 Å². The summed E-state index contributed by atoms with van der Waals surface area (Å²) in [7, 11) is 0. The Labute approximate surface area is 212 Å². The molecular weight excluding hydrogens is 500 g/mol. The Morgan fingerprint density at radius 1 is 0.611 bits per heavy atom. The number of nitro groups is 2. The van der Waals surface area contributed by atoms with Crippen molar-refractivity contribution in [1.29, 1.82) is 0 Å². The Morgan fingerprint density at radius 3 is 1.36 bits per heavy atom. The molecular formula is C24H14N6O4S2. The van der Waals surface area contributed by atoms with E-state index in [1.807, 2.05) is 0 Å². The molecule has 0 unspecified atom stereocenters. The van der Waals surface area contributed by atoms with Gasteiger partial charge in [-0.15, -0.1) is 0 Å². The van der Waals surface area contributed by atoms with E-state index in [9.17, 15) is 20.2 Å². The highest BCUT2D eigenvalue weighted by Crippen LogP contribution is 2.42. The number of hydrogen-bond donors (Lipinski definition) is 0. The van der Waals surface area contributed by atoms with Crippen LogP contribution >= 0.6 is 23.5 Å². The lowest BCUT2D eigenvalue weighted by Gasteiger charge is -2.19. The molecule has 5 rings (SSSR count). The van der Waals surface area contributed by atoms with Gasteiger partial charge in [-0.25, -0.2) is 9.98 Å². The molecule has 0 amide bonds. The van der Waals surface area contributed by atoms with Crippen molar-refractivity contribution in [1.82, 2.24) is 9.97 Å². The minimum absolute atomic E-state index is 0.0745. The van der Waals surface area contributed by atoms with Crippen molar-refractivity contribution in [2.24, 2.45) is 9.98 Å². The summed E-state index contributed by atoms with van der Waals surface area (Å²) in [6.07, 6.45) is 6.42. The third kappa shape index (κ3) is 4.99. The highest BCUT2D eigenvalue weighted by atomic mass is 32.2. The zero-order valence-electron chi connectivity index (χ0n) is 18.2. The molecule has 0 spiro atoms. The lowest BCUT2D eigenvalue weighted by molar-refractivity contribution is -0.385. The molecule has 0 saturated carbocycles. The second-order valence-electron chi connectivity index (χ2n) is 7.32. The molecule has 0 radical (unpaired) electrons. The fraction of sp³-hybridized carbons (Fsp3) is 0. The van der Waals surface area contributed by atoms with E-state index < -0.39 is 9.85 Å². The first-order valence-corrected chi connectivity index (χ1v) is 12.0. The molecule has 0 saturated heterocycles. The largest absolute Gasteiger partial charge is 0.270 e. The fourth-order valence-corrected chi connectivity index (χ4v) is 5.54. The summed E-state index contributed by atoms with van der Waals surface area (Å²) in [5.41, 5.74) is 2.20. The van der Waals surface area contributed by atoms with Gasteiger partial charge in [0.25, 0.3) is 11.4 Å². The van der Waals surface area contributed by atoms with Crippen LogP contribution in [-0.4, -0.2) is 29.9 Å². The fourth-order valence-electron chi connectivity index (χ4n) is 3.33. The number of pyridine rings is 2. The summed E-state index contributed by atoms with van der Waals surface area (Å²) in [4.78, 5) is 41.1. The van der Waals surface area contributed by atoms with Gasteiger partial charge >= 0.3 is 0 Å². The number of nitrogens with zero attached hydrogens (tertiary/aromatic N) is 6. The molecule has 36 heavy (non-hydrogen) atoms. The summed E-state index contributed by atoms with van der Waals surface area (Å²) in [6.45, 7) is 0. The molecule has 12 heteroatoms. The van der Waals surface area contributed by atoms with Crippen molar-refractivity contribution in [2.75, 3.05) is 0 Å². The average Bonchev–Trinajstić information content (AvgIpc) is 2.88. The second-order valence-corrected chi connectivity index (χ2v) is 9.39. The minimum Gasteiger partial charge on any atom is -0.265 e. The maximum absolute atomic E-state index is 11.6. The van der Waals surface area contributed by atoms with E-state index >= 15 is 0 Å². The third-order valence-corrected chi connectivity index (χ3v) is 7.17. The van der Waals surface area contributed by atoms with Gasteiger partial charge in [0.05, 0.1) is 21.2 Å². The van der Waals surface area contributed by atoms with E-state index in [0.717, 1.165) is 0 Å². The predicted octanol–water partition coefficient (Wildman–Crippen LogP) is 6.35. The van der Waals surface area contributed by atoms with E-state index in [1.54, 1.807) is 61.2 Å². The molecule has 0 atom stereocenters. The quantitative estimate of drug-likeness (QED) is 0.227. The topological polar surface area (TPSA) is 137 Å². The average molecular weight is 515 g/mol. The molecule has 0 bridgehead atoms. The normalized spacial score (nSPS) is 15.0. The first-order valence-electron chi connectivity index (χ1n) is 10.4. The summed E-state index contributed by atoms with van der Waals surface area (Å²) < 4.78 is 0. The van der Waals surface area contributed by atoms with Crippen molar-refractivity contribution in [2.45, 2.75) is 9.79 Å². The molecule has 10 nitrogen and oxygen atoms in total. The Morgan fingerprint density at radius 2 is 1.00 bits per heavy atom. The van der Waals surface area contributed by atoms with Crippen molar-refractivity contribution in [3.8, 4) is 0 Å². The lowest BCUT2D eigenvalue weighted by atomic mass is 10.2. The lowest BCUT2D eigenvalue weighted by Crippen LogP contribution is -2.08. The zero-order valence-corrected chi connectivity index (χ0v) is 19.8. The SMILES string of the molecule is O=[N+]([O-])c1ccc2c(c1)C(=Nc1ccncc1)Sc1ccc([N+](=O)[O-])cc1C(=Nc1ccncc1)S2. The molecule has 3 heterocycles. The van der Waals surface area contributed by atoms with Crippen LogP contribution in [0.2, 0.25) is 0 Å². The Hall–Kier alpha value is -4.42. The van der Waals surface area contributed by atoms with E-state index in [2.05, 4.69) is 9.97 Å². The number of benzene rings is 2. The maximum atomic E-state index is 11.6. The van der Waals surface area contributed by atoms with Crippen LogP contribution in [0.4, 0.5) is 22.7 Å². The standard InChI is InChI=1S/C24H14N6O4S2/c31-29(32)17-1-3-21-19(13-17)23(27-15-5-9-25-10-6-15)36-22-4-2-18(30(33)34)14-20(22)24(35-21)28-16-7-11-26-12-8-16/h1-14H. The molecule has 2 aromatic heterocycles. The number of non-ortho nitro benzene ring substituents is 2. The molecule has 4 aromatic rings. The molecule has 2 aromatic carbocycles. The van der Waals surface area contributed by atoms with E-state index in [0.29, 0.717) is 42.4 Å². The molecule has 176 valence electrons. The van der Waals surface area contributed by atoms with Crippen LogP contribution in [0, 0.1) is 20.2 Å². The summed E-state index contributed by atoms with van der Waals surface area (Å²) >= 11 is 2.52. The van der Waals surface area contributed by atoms with Crippen molar-refractivity contribution in [3.63, 3.8) is 0 Å². The van der Waals surface area contributed by atoms with Gasteiger partial charge in [-0.1, -0.05) is 23.5 Å². The Kier molecular flexibility index (Phi) is 6.52. The smallest absolute Gasteiger partial charge is 0.265 e. The zero-order chi connectivity index (χ0) is 25.1. The van der Waals surface area contributed by atoms with Crippen LogP contribution in [0.25, 0.3) is 0 Å². The van der Waals surface area contributed by atoms with Gasteiger partial charge in [-0.3, -0.25) is 30.2 Å². The van der Waals surface area contributed by atoms with Gasteiger partial charge < -0.3 is 0 Å². The molecule has 1 aliphatic rings. The number of aromatic nitrogens is 2. The van der Waals surface area contributed by atoms with E-state index in [1.165, 1.54) is 47.8 Å². The maximum Gasteiger partial charge on any atom is 0.270 e. The molecule has 0 aliphatic carbocycles. The molecule has 1 aliphatic heterocycles. The second kappa shape index (κ2) is 10.1. The minimum atomic E-state index is -0.457. The van der Waals surface area contributed by atoms with Crippen LogP contribution in [-0.2, 0) is 0 Å². The number of fused-ring (bicyclic) bond motifs is 2. The summed E-state index contributed by atoms with van der Waals surface area (Å²) in [5.74, 6) is 0. The van der Waals surface area contributed by atoms with Crippen molar-refractivity contribution in [3.05, 3.63) is 117 Å². The van der Waals surface area contributed by atoms with Gasteiger partial charge in [0.2, 0.25) is 0 Å². The van der Waals surface area contributed by atoms with E-state index in [-0.39, 0.29) is 11.4 Å². The van der Waals surface area contributed by atoms with Crippen LogP contribution in [0.15, 0.2) is 105 Å². The Balaban J connectivity index is 1.76. The predicted molar refractivity (Wildman–Crippen MR) is 139 cm³/mol. The van der Waals surface area contributed by atoms with Gasteiger partial charge in [-0.05, 0) is 36.4 Å². The van der Waals surface area contributed by atoms with Crippen LogP contribution < -0.4 is 0 Å².